The Labute approximate surface area is 120 Å². The molecule has 0 bridgehead atoms. The maximum absolute atomic E-state index is 12.0. The molecule has 0 fully saturated rings. The number of rotatable bonds is 4. The monoisotopic (exact) mass is 296 g/mol. The fourth-order valence-corrected chi connectivity index (χ4v) is 2.12. The second kappa shape index (κ2) is 5.59. The third-order valence-corrected chi connectivity index (χ3v) is 3.27. The number of halogens is 2. The lowest BCUT2D eigenvalue weighted by Crippen LogP contribution is -2.09. The highest BCUT2D eigenvalue weighted by atomic mass is 35.5. The Balaban J connectivity index is 2.20. The van der Waals surface area contributed by atoms with Crippen molar-refractivity contribution in [2.24, 2.45) is 0 Å². The summed E-state index contributed by atoms with van der Waals surface area (Å²) in [5.41, 5.74) is 0.662. The highest BCUT2D eigenvalue weighted by molar-refractivity contribution is 6.36. The van der Waals surface area contributed by atoms with Crippen molar-refractivity contribution >= 4 is 34.8 Å². The van der Waals surface area contributed by atoms with Gasteiger partial charge in [0.25, 0.3) is 0 Å². The van der Waals surface area contributed by atoms with E-state index in [9.17, 15) is 9.59 Å². The van der Waals surface area contributed by atoms with E-state index in [1.807, 2.05) is 0 Å². The zero-order chi connectivity index (χ0) is 14.0. The molecule has 0 saturated heterocycles. The van der Waals surface area contributed by atoms with Crippen LogP contribution in [0.3, 0.4) is 0 Å². The molecule has 0 amide bonds. The summed E-state index contributed by atoms with van der Waals surface area (Å²) in [6.45, 7) is 1.67. The molecule has 0 N–H and O–H groups in total. The summed E-state index contributed by atoms with van der Waals surface area (Å²) in [6, 6.07) is 6.12. The lowest BCUT2D eigenvalue weighted by molar-refractivity contribution is 0.0893. The number of ketones is 2. The van der Waals surface area contributed by atoms with Crippen molar-refractivity contribution in [3.05, 3.63) is 57.5 Å². The number of Topliss-reactive ketones (excluding diaryl/α,β-unsaturated/α-hetero) is 2. The summed E-state index contributed by atoms with van der Waals surface area (Å²) in [5, 5.41) is 0.686. The molecule has 1 aromatic heterocycles. The largest absolute Gasteiger partial charge is 0.469 e. The number of carbonyl (C=O) groups is 2. The van der Waals surface area contributed by atoms with E-state index in [2.05, 4.69) is 0 Å². The number of benzene rings is 1. The van der Waals surface area contributed by atoms with Crippen LogP contribution in [-0.4, -0.2) is 11.6 Å². The summed E-state index contributed by atoms with van der Waals surface area (Å²) in [7, 11) is 0. The molecule has 5 heteroatoms. The van der Waals surface area contributed by atoms with Crippen LogP contribution < -0.4 is 0 Å². The van der Waals surface area contributed by atoms with Crippen LogP contribution in [0, 0.1) is 6.92 Å². The lowest BCUT2D eigenvalue weighted by atomic mass is 10.0. The maximum atomic E-state index is 12.0. The molecule has 2 aromatic rings. The number of carbonyl (C=O) groups excluding carboxylic acids is 2. The second-order valence-electron chi connectivity index (χ2n) is 4.04. The van der Waals surface area contributed by atoms with Crippen LogP contribution in [0.4, 0.5) is 0 Å². The minimum absolute atomic E-state index is 0.253. The Bertz CT molecular complexity index is 644. The van der Waals surface area contributed by atoms with Crippen LogP contribution in [0.5, 0.6) is 0 Å². The normalized spacial score (nSPS) is 10.5. The molecular formula is C14H10Cl2O3. The highest BCUT2D eigenvalue weighted by Gasteiger charge is 2.18. The van der Waals surface area contributed by atoms with E-state index >= 15 is 0 Å². The summed E-state index contributed by atoms with van der Waals surface area (Å²) in [6.07, 6.45) is 1.15. The Kier molecular flexibility index (Phi) is 4.08. The van der Waals surface area contributed by atoms with E-state index in [1.165, 1.54) is 18.4 Å². The van der Waals surface area contributed by atoms with Crippen molar-refractivity contribution in [1.29, 1.82) is 0 Å². The minimum atomic E-state index is -0.363. The zero-order valence-corrected chi connectivity index (χ0v) is 11.6. The van der Waals surface area contributed by atoms with E-state index in [-0.39, 0.29) is 28.6 Å². The topological polar surface area (TPSA) is 47.3 Å². The molecule has 3 nitrogen and oxygen atoms in total. The summed E-state index contributed by atoms with van der Waals surface area (Å²) in [4.78, 5) is 24.0. The molecule has 0 spiro atoms. The van der Waals surface area contributed by atoms with Crippen LogP contribution >= 0.6 is 23.2 Å². The Morgan fingerprint density at radius 1 is 1.11 bits per heavy atom. The van der Waals surface area contributed by atoms with Gasteiger partial charge in [-0.3, -0.25) is 9.59 Å². The molecule has 0 aliphatic heterocycles. The van der Waals surface area contributed by atoms with Gasteiger partial charge in [0.15, 0.2) is 11.6 Å². The SMILES string of the molecule is Cc1occc1C(=O)CC(=O)c1cc(Cl)ccc1Cl. The van der Waals surface area contributed by atoms with E-state index in [0.717, 1.165) is 0 Å². The quantitative estimate of drug-likeness (QED) is 0.622. The molecule has 0 radical (unpaired) electrons. The van der Waals surface area contributed by atoms with E-state index in [0.29, 0.717) is 16.3 Å². The van der Waals surface area contributed by atoms with Gasteiger partial charge in [0, 0.05) is 10.6 Å². The third-order valence-electron chi connectivity index (χ3n) is 2.71. The number of hydrogen-bond acceptors (Lipinski definition) is 3. The van der Waals surface area contributed by atoms with Gasteiger partial charge in [-0.15, -0.1) is 0 Å². The van der Waals surface area contributed by atoms with E-state index in [1.54, 1.807) is 19.1 Å². The summed E-state index contributed by atoms with van der Waals surface area (Å²) >= 11 is 11.7. The Morgan fingerprint density at radius 2 is 1.79 bits per heavy atom. The molecule has 0 aliphatic rings. The van der Waals surface area contributed by atoms with Gasteiger partial charge < -0.3 is 4.42 Å². The van der Waals surface area contributed by atoms with Crippen molar-refractivity contribution < 1.29 is 14.0 Å². The molecule has 2 rings (SSSR count). The molecule has 0 unspecified atom stereocenters. The summed E-state index contributed by atoms with van der Waals surface area (Å²) < 4.78 is 5.04. The fraction of sp³-hybridized carbons (Fsp3) is 0.143. The average molecular weight is 297 g/mol. The predicted octanol–water partition coefficient (Wildman–Crippen LogP) is 4.35. The lowest BCUT2D eigenvalue weighted by Gasteiger charge is -2.03. The number of aryl methyl sites for hydroxylation is 1. The van der Waals surface area contributed by atoms with Gasteiger partial charge in [0.2, 0.25) is 0 Å². The van der Waals surface area contributed by atoms with Gasteiger partial charge in [0.05, 0.1) is 23.3 Å². The molecule has 98 valence electrons. The molecule has 19 heavy (non-hydrogen) atoms. The van der Waals surface area contributed by atoms with Crippen LogP contribution in [0.15, 0.2) is 34.9 Å². The fourth-order valence-electron chi connectivity index (χ4n) is 1.72. The van der Waals surface area contributed by atoms with Crippen molar-refractivity contribution in [1.82, 2.24) is 0 Å². The van der Waals surface area contributed by atoms with Gasteiger partial charge >= 0.3 is 0 Å². The molecule has 1 heterocycles. The minimum Gasteiger partial charge on any atom is -0.469 e. The van der Waals surface area contributed by atoms with Crippen LogP contribution in [0.2, 0.25) is 10.0 Å². The third kappa shape index (κ3) is 3.06. The van der Waals surface area contributed by atoms with Crippen molar-refractivity contribution in [3.63, 3.8) is 0 Å². The van der Waals surface area contributed by atoms with Crippen molar-refractivity contribution in [2.75, 3.05) is 0 Å². The smallest absolute Gasteiger partial charge is 0.174 e. The first-order valence-electron chi connectivity index (χ1n) is 5.54. The number of hydrogen-bond donors (Lipinski definition) is 0. The van der Waals surface area contributed by atoms with E-state index < -0.39 is 0 Å². The number of furan rings is 1. The molecular weight excluding hydrogens is 287 g/mol. The highest BCUT2D eigenvalue weighted by Crippen LogP contribution is 2.23. The predicted molar refractivity (Wildman–Crippen MR) is 73.2 cm³/mol. The summed E-state index contributed by atoms with van der Waals surface area (Å²) in [5.74, 6) is -0.166. The first-order chi connectivity index (χ1) is 8.99. The average Bonchev–Trinajstić information content (AvgIpc) is 2.78. The van der Waals surface area contributed by atoms with Crippen LogP contribution in [0.25, 0.3) is 0 Å². The van der Waals surface area contributed by atoms with Gasteiger partial charge in [-0.2, -0.15) is 0 Å². The molecule has 1 aromatic carbocycles. The first kappa shape index (κ1) is 13.8. The standard InChI is InChI=1S/C14H10Cl2O3/c1-8-10(4-5-19-8)13(17)7-14(18)11-6-9(15)2-3-12(11)16/h2-6H,7H2,1H3. The molecule has 0 saturated carbocycles. The second-order valence-corrected chi connectivity index (χ2v) is 4.88. The molecule has 0 aliphatic carbocycles. The van der Waals surface area contributed by atoms with E-state index in [4.69, 9.17) is 27.6 Å². The van der Waals surface area contributed by atoms with Crippen LogP contribution in [-0.2, 0) is 0 Å². The molecule has 0 atom stereocenters. The first-order valence-corrected chi connectivity index (χ1v) is 6.30. The Morgan fingerprint density at radius 3 is 2.42 bits per heavy atom. The van der Waals surface area contributed by atoms with Crippen molar-refractivity contribution in [3.8, 4) is 0 Å². The van der Waals surface area contributed by atoms with Crippen LogP contribution in [0.1, 0.15) is 32.9 Å². The van der Waals surface area contributed by atoms with Gasteiger partial charge in [-0.1, -0.05) is 23.2 Å². The van der Waals surface area contributed by atoms with Gasteiger partial charge in [-0.05, 0) is 31.2 Å². The van der Waals surface area contributed by atoms with Crippen molar-refractivity contribution in [2.45, 2.75) is 13.3 Å². The Hall–Kier alpha value is -1.58. The maximum Gasteiger partial charge on any atom is 0.174 e. The van der Waals surface area contributed by atoms with Gasteiger partial charge in [0.1, 0.15) is 5.76 Å². The zero-order valence-electron chi connectivity index (χ0n) is 10.1. The van der Waals surface area contributed by atoms with Gasteiger partial charge in [-0.25, -0.2) is 0 Å².